The van der Waals surface area contributed by atoms with Crippen molar-refractivity contribution in [2.24, 2.45) is 0 Å². The van der Waals surface area contributed by atoms with Gasteiger partial charge in [0.2, 0.25) is 5.91 Å². The Morgan fingerprint density at radius 3 is 2.48 bits per heavy atom. The van der Waals surface area contributed by atoms with Crippen LogP contribution in [0.3, 0.4) is 0 Å². The van der Waals surface area contributed by atoms with E-state index in [9.17, 15) is 4.79 Å². The van der Waals surface area contributed by atoms with Gasteiger partial charge in [0.05, 0.1) is 0 Å². The summed E-state index contributed by atoms with van der Waals surface area (Å²) in [7, 11) is 0. The zero-order chi connectivity index (χ0) is 15.1. The molecule has 0 atom stereocenters. The molecule has 21 heavy (non-hydrogen) atoms. The first-order valence-electron chi connectivity index (χ1n) is 7.36. The lowest BCUT2D eigenvalue weighted by Crippen LogP contribution is -2.16. The van der Waals surface area contributed by atoms with Gasteiger partial charge in [0.25, 0.3) is 0 Å². The van der Waals surface area contributed by atoms with Crippen molar-refractivity contribution in [2.45, 2.75) is 26.7 Å². The first-order chi connectivity index (χ1) is 10.2. The minimum Gasteiger partial charge on any atom is -0.385 e. The summed E-state index contributed by atoms with van der Waals surface area (Å²) >= 11 is 0. The van der Waals surface area contributed by atoms with Gasteiger partial charge in [-0.3, -0.25) is 4.79 Å². The van der Waals surface area contributed by atoms with E-state index < -0.39 is 0 Å². The van der Waals surface area contributed by atoms with Crippen molar-refractivity contribution in [1.82, 2.24) is 0 Å². The lowest BCUT2D eigenvalue weighted by molar-refractivity contribution is -0.115. The number of rotatable bonds is 6. The average molecular weight is 282 g/mol. The lowest BCUT2D eigenvalue weighted by Gasteiger charge is -2.08. The molecule has 2 N–H and O–H groups in total. The fourth-order valence-electron chi connectivity index (χ4n) is 2.12. The standard InChI is InChI=1S/C18H22N2O/c1-3-15-7-9-16(10-8-15)19-12-11-18(21)20-17-6-4-5-14(2)13-17/h4-10,13,19H,3,11-12H2,1-2H3,(H,20,21). The Kier molecular flexibility index (Phi) is 5.38. The van der Waals surface area contributed by atoms with Crippen LogP contribution in [0.2, 0.25) is 0 Å². The van der Waals surface area contributed by atoms with Crippen LogP contribution >= 0.6 is 0 Å². The van der Waals surface area contributed by atoms with Crippen LogP contribution in [0.25, 0.3) is 0 Å². The highest BCUT2D eigenvalue weighted by atomic mass is 16.1. The molecule has 0 fully saturated rings. The quantitative estimate of drug-likeness (QED) is 0.841. The number of benzene rings is 2. The van der Waals surface area contributed by atoms with Crippen molar-refractivity contribution in [3.05, 3.63) is 59.7 Å². The molecule has 2 rings (SSSR count). The van der Waals surface area contributed by atoms with E-state index in [1.165, 1.54) is 5.56 Å². The molecule has 0 aliphatic carbocycles. The first kappa shape index (κ1) is 15.1. The Labute approximate surface area is 126 Å². The number of aryl methyl sites for hydroxylation is 2. The van der Waals surface area contributed by atoms with E-state index in [-0.39, 0.29) is 5.91 Å². The Hall–Kier alpha value is -2.29. The topological polar surface area (TPSA) is 41.1 Å². The summed E-state index contributed by atoms with van der Waals surface area (Å²) in [4.78, 5) is 11.9. The summed E-state index contributed by atoms with van der Waals surface area (Å²) in [6.45, 7) is 4.78. The summed E-state index contributed by atoms with van der Waals surface area (Å²) < 4.78 is 0. The lowest BCUT2D eigenvalue weighted by atomic mass is 10.1. The molecule has 0 unspecified atom stereocenters. The van der Waals surface area contributed by atoms with Crippen LogP contribution in [0, 0.1) is 6.92 Å². The Bertz CT molecular complexity index is 590. The molecule has 2 aromatic carbocycles. The predicted molar refractivity (Wildman–Crippen MR) is 88.7 cm³/mol. The highest BCUT2D eigenvalue weighted by Crippen LogP contribution is 2.11. The summed E-state index contributed by atoms with van der Waals surface area (Å²) in [6, 6.07) is 16.1. The van der Waals surface area contributed by atoms with E-state index in [0.717, 1.165) is 23.4 Å². The predicted octanol–water partition coefficient (Wildman–Crippen LogP) is 4.00. The van der Waals surface area contributed by atoms with Crippen molar-refractivity contribution in [3.63, 3.8) is 0 Å². The monoisotopic (exact) mass is 282 g/mol. The third-order valence-electron chi connectivity index (χ3n) is 3.35. The fourth-order valence-corrected chi connectivity index (χ4v) is 2.12. The Morgan fingerprint density at radius 1 is 1.05 bits per heavy atom. The summed E-state index contributed by atoms with van der Waals surface area (Å²) in [5, 5.41) is 6.17. The second kappa shape index (κ2) is 7.48. The van der Waals surface area contributed by atoms with E-state index in [4.69, 9.17) is 0 Å². The van der Waals surface area contributed by atoms with E-state index in [0.29, 0.717) is 13.0 Å². The Balaban J connectivity index is 1.76. The first-order valence-corrected chi connectivity index (χ1v) is 7.36. The van der Waals surface area contributed by atoms with Gasteiger partial charge in [0.1, 0.15) is 0 Å². The third-order valence-corrected chi connectivity index (χ3v) is 3.35. The molecule has 0 aromatic heterocycles. The van der Waals surface area contributed by atoms with Gasteiger partial charge in [-0.25, -0.2) is 0 Å². The molecule has 0 aliphatic rings. The molecule has 0 aliphatic heterocycles. The zero-order valence-electron chi connectivity index (χ0n) is 12.6. The number of carbonyl (C=O) groups excluding carboxylic acids is 1. The van der Waals surface area contributed by atoms with Gasteiger partial charge < -0.3 is 10.6 Å². The van der Waals surface area contributed by atoms with Crippen LogP contribution in [0.15, 0.2) is 48.5 Å². The van der Waals surface area contributed by atoms with Crippen LogP contribution in [0.5, 0.6) is 0 Å². The molecule has 0 saturated carbocycles. The van der Waals surface area contributed by atoms with Crippen molar-refractivity contribution < 1.29 is 4.79 Å². The van der Waals surface area contributed by atoms with Gasteiger partial charge in [0, 0.05) is 24.3 Å². The molecule has 0 bridgehead atoms. The number of hydrogen-bond acceptors (Lipinski definition) is 2. The number of anilines is 2. The molecule has 0 saturated heterocycles. The second-order valence-corrected chi connectivity index (χ2v) is 5.14. The van der Waals surface area contributed by atoms with E-state index in [1.807, 2.05) is 31.2 Å². The summed E-state index contributed by atoms with van der Waals surface area (Å²) in [6.07, 6.45) is 1.49. The van der Waals surface area contributed by atoms with E-state index in [2.05, 4.69) is 41.8 Å². The van der Waals surface area contributed by atoms with Crippen molar-refractivity contribution in [1.29, 1.82) is 0 Å². The maximum absolute atomic E-state index is 11.9. The molecule has 3 nitrogen and oxygen atoms in total. The zero-order valence-corrected chi connectivity index (χ0v) is 12.6. The third kappa shape index (κ3) is 4.95. The van der Waals surface area contributed by atoms with Crippen molar-refractivity contribution >= 4 is 17.3 Å². The van der Waals surface area contributed by atoms with Crippen LogP contribution in [-0.2, 0) is 11.2 Å². The van der Waals surface area contributed by atoms with Gasteiger partial charge in [-0.2, -0.15) is 0 Å². The van der Waals surface area contributed by atoms with Crippen LogP contribution in [0.4, 0.5) is 11.4 Å². The average Bonchev–Trinajstić information content (AvgIpc) is 2.48. The molecule has 0 heterocycles. The van der Waals surface area contributed by atoms with Crippen molar-refractivity contribution in [2.75, 3.05) is 17.2 Å². The van der Waals surface area contributed by atoms with E-state index in [1.54, 1.807) is 0 Å². The fraction of sp³-hybridized carbons (Fsp3) is 0.278. The highest BCUT2D eigenvalue weighted by Gasteiger charge is 2.02. The largest absolute Gasteiger partial charge is 0.385 e. The summed E-state index contributed by atoms with van der Waals surface area (Å²) in [5.74, 6) is 0.0262. The van der Waals surface area contributed by atoms with Gasteiger partial charge in [-0.1, -0.05) is 31.2 Å². The smallest absolute Gasteiger partial charge is 0.226 e. The maximum atomic E-state index is 11.9. The van der Waals surface area contributed by atoms with Crippen LogP contribution < -0.4 is 10.6 Å². The molecule has 1 amide bonds. The molecule has 3 heteroatoms. The number of hydrogen-bond donors (Lipinski definition) is 2. The summed E-state index contributed by atoms with van der Waals surface area (Å²) in [5.41, 5.74) is 4.36. The Morgan fingerprint density at radius 2 is 1.81 bits per heavy atom. The number of amides is 1. The number of nitrogens with one attached hydrogen (secondary N) is 2. The van der Waals surface area contributed by atoms with E-state index >= 15 is 0 Å². The number of carbonyl (C=O) groups is 1. The van der Waals surface area contributed by atoms with Crippen LogP contribution in [0.1, 0.15) is 24.5 Å². The molecule has 0 spiro atoms. The van der Waals surface area contributed by atoms with Gasteiger partial charge >= 0.3 is 0 Å². The normalized spacial score (nSPS) is 10.2. The highest BCUT2D eigenvalue weighted by molar-refractivity contribution is 5.91. The molecular formula is C18H22N2O. The maximum Gasteiger partial charge on any atom is 0.226 e. The minimum absolute atomic E-state index is 0.0262. The second-order valence-electron chi connectivity index (χ2n) is 5.14. The van der Waals surface area contributed by atoms with Gasteiger partial charge in [0.15, 0.2) is 0 Å². The SMILES string of the molecule is CCc1ccc(NCCC(=O)Nc2cccc(C)c2)cc1. The minimum atomic E-state index is 0.0262. The van der Waals surface area contributed by atoms with Gasteiger partial charge in [-0.15, -0.1) is 0 Å². The van der Waals surface area contributed by atoms with Crippen LogP contribution in [-0.4, -0.2) is 12.5 Å². The molecule has 110 valence electrons. The van der Waals surface area contributed by atoms with Crippen molar-refractivity contribution in [3.8, 4) is 0 Å². The molecular weight excluding hydrogens is 260 g/mol. The van der Waals surface area contributed by atoms with Gasteiger partial charge in [-0.05, 0) is 48.7 Å². The molecule has 2 aromatic rings. The molecule has 0 radical (unpaired) electrons.